The molecule has 0 unspecified atom stereocenters. The lowest BCUT2D eigenvalue weighted by Gasteiger charge is -2.18. The van der Waals surface area contributed by atoms with Crippen molar-refractivity contribution in [2.24, 2.45) is 5.11 Å². The average Bonchev–Trinajstić information content (AvgIpc) is 2.36. The molecule has 0 spiro atoms. The predicted molar refractivity (Wildman–Crippen MR) is 74.3 cm³/mol. The Kier molecular flexibility index (Phi) is 4.83. The van der Waals surface area contributed by atoms with Gasteiger partial charge in [-0.1, -0.05) is 19.0 Å². The van der Waals surface area contributed by atoms with E-state index in [0.717, 1.165) is 6.07 Å². The maximum Gasteiger partial charge on any atom is 0.516 e. The molecule has 7 nitrogen and oxygen atoms in total. The maximum absolute atomic E-state index is 12.5. The van der Waals surface area contributed by atoms with E-state index in [1.807, 2.05) is 0 Å². The Labute approximate surface area is 124 Å². The third kappa shape index (κ3) is 3.37. The number of nitrogens with zero attached hydrogens (tertiary/aromatic N) is 3. The number of alkyl halides is 3. The molecule has 0 saturated heterocycles. The molecule has 0 radical (unpaired) electrons. The van der Waals surface area contributed by atoms with Crippen LogP contribution in [0.15, 0.2) is 11.2 Å². The highest BCUT2D eigenvalue weighted by Crippen LogP contribution is 2.42. The Morgan fingerprint density at radius 2 is 1.95 bits per heavy atom. The fourth-order valence-corrected chi connectivity index (χ4v) is 2.31. The lowest BCUT2D eigenvalue weighted by molar-refractivity contribution is -0.0429. The van der Waals surface area contributed by atoms with Gasteiger partial charge in [-0.15, -0.1) is 0 Å². The zero-order valence-corrected chi connectivity index (χ0v) is 12.6. The number of nitrogens with one attached hydrogen (secondary N) is 1. The van der Waals surface area contributed by atoms with Crippen LogP contribution in [-0.2, 0) is 10.0 Å². The molecule has 0 heterocycles. The van der Waals surface area contributed by atoms with Gasteiger partial charge in [0.2, 0.25) is 0 Å². The number of hydrogen-bond donors (Lipinski definition) is 2. The molecule has 1 rings (SSSR count). The molecule has 0 atom stereocenters. The molecule has 0 saturated carbocycles. The average molecular weight is 338 g/mol. The van der Waals surface area contributed by atoms with Gasteiger partial charge in [0.05, 0.1) is 11.4 Å². The SMILES string of the molecule is Cc1c(NS(=O)(=O)C(F)(F)F)cc(C(C)C)c(O)c1N=[N+]=[N-]. The van der Waals surface area contributed by atoms with Crippen LogP contribution in [0.3, 0.4) is 0 Å². The Morgan fingerprint density at radius 3 is 2.36 bits per heavy atom. The lowest BCUT2D eigenvalue weighted by atomic mass is 9.98. The molecular formula is C11H13F3N4O3S. The quantitative estimate of drug-likeness (QED) is 0.374. The lowest BCUT2D eigenvalue weighted by Crippen LogP contribution is -2.30. The van der Waals surface area contributed by atoms with Crippen LogP contribution in [0.4, 0.5) is 24.5 Å². The number of sulfonamides is 1. The van der Waals surface area contributed by atoms with Crippen LogP contribution in [-0.4, -0.2) is 19.0 Å². The molecule has 0 bridgehead atoms. The van der Waals surface area contributed by atoms with Crippen molar-refractivity contribution < 1.29 is 26.7 Å². The molecular weight excluding hydrogens is 325 g/mol. The van der Waals surface area contributed by atoms with E-state index < -0.39 is 27.0 Å². The van der Waals surface area contributed by atoms with Crippen molar-refractivity contribution in [3.05, 3.63) is 27.6 Å². The van der Waals surface area contributed by atoms with Gasteiger partial charge in [0, 0.05) is 4.91 Å². The van der Waals surface area contributed by atoms with Gasteiger partial charge in [0.25, 0.3) is 0 Å². The number of benzene rings is 1. The van der Waals surface area contributed by atoms with Crippen molar-refractivity contribution in [2.45, 2.75) is 32.2 Å². The predicted octanol–water partition coefficient (Wildman–Crippen LogP) is 4.03. The fourth-order valence-electron chi connectivity index (χ4n) is 1.69. The third-order valence-corrected chi connectivity index (χ3v) is 3.97. The van der Waals surface area contributed by atoms with E-state index in [4.69, 9.17) is 5.53 Å². The summed E-state index contributed by atoms with van der Waals surface area (Å²) in [4.78, 5) is 2.48. The largest absolute Gasteiger partial charge is 0.516 e. The van der Waals surface area contributed by atoms with E-state index in [-0.39, 0.29) is 22.7 Å². The molecule has 11 heteroatoms. The number of anilines is 1. The third-order valence-electron chi connectivity index (χ3n) is 2.87. The van der Waals surface area contributed by atoms with E-state index in [2.05, 4.69) is 10.0 Å². The maximum atomic E-state index is 12.5. The first-order valence-electron chi connectivity index (χ1n) is 5.93. The first-order valence-corrected chi connectivity index (χ1v) is 7.41. The highest BCUT2D eigenvalue weighted by atomic mass is 32.2. The zero-order chi connectivity index (χ0) is 17.3. The van der Waals surface area contributed by atoms with E-state index in [1.54, 1.807) is 13.8 Å². The summed E-state index contributed by atoms with van der Waals surface area (Å²) in [7, 11) is -5.63. The summed E-state index contributed by atoms with van der Waals surface area (Å²) in [6, 6.07) is 1.08. The van der Waals surface area contributed by atoms with Crippen molar-refractivity contribution in [3.8, 4) is 5.75 Å². The summed E-state index contributed by atoms with van der Waals surface area (Å²) in [6.45, 7) is 4.49. The summed E-state index contributed by atoms with van der Waals surface area (Å²) in [5.41, 5.74) is 2.27. The topological polar surface area (TPSA) is 115 Å². The Hall–Kier alpha value is -2.13. The normalized spacial score (nSPS) is 12.1. The summed E-state index contributed by atoms with van der Waals surface area (Å²) >= 11 is 0. The van der Waals surface area contributed by atoms with Gasteiger partial charge in [-0.05, 0) is 35.6 Å². The second kappa shape index (κ2) is 5.93. The van der Waals surface area contributed by atoms with Crippen molar-refractivity contribution in [2.75, 3.05) is 4.72 Å². The summed E-state index contributed by atoms with van der Waals surface area (Å²) < 4.78 is 61.2. The highest BCUT2D eigenvalue weighted by molar-refractivity contribution is 7.93. The van der Waals surface area contributed by atoms with E-state index >= 15 is 0 Å². The van der Waals surface area contributed by atoms with Crippen molar-refractivity contribution in [3.63, 3.8) is 0 Å². The van der Waals surface area contributed by atoms with Crippen LogP contribution in [0, 0.1) is 6.92 Å². The zero-order valence-electron chi connectivity index (χ0n) is 11.8. The number of phenolic OH excluding ortho intramolecular Hbond substituents is 1. The molecule has 0 aliphatic carbocycles. The summed E-state index contributed by atoms with van der Waals surface area (Å²) in [6.07, 6.45) is 0. The molecule has 0 amide bonds. The van der Waals surface area contributed by atoms with Crippen LogP contribution in [0.2, 0.25) is 0 Å². The monoisotopic (exact) mass is 338 g/mol. The van der Waals surface area contributed by atoms with Gasteiger partial charge < -0.3 is 5.11 Å². The van der Waals surface area contributed by atoms with Crippen LogP contribution in [0.5, 0.6) is 5.75 Å². The number of halogens is 3. The molecule has 0 aromatic heterocycles. The van der Waals surface area contributed by atoms with E-state index in [1.165, 1.54) is 11.6 Å². The number of hydrogen-bond acceptors (Lipinski definition) is 4. The first-order chi connectivity index (χ1) is 9.92. The van der Waals surface area contributed by atoms with Gasteiger partial charge in [-0.2, -0.15) is 21.6 Å². The molecule has 1 aromatic carbocycles. The van der Waals surface area contributed by atoms with Crippen molar-refractivity contribution >= 4 is 21.4 Å². The van der Waals surface area contributed by atoms with Gasteiger partial charge in [-0.25, -0.2) is 0 Å². The van der Waals surface area contributed by atoms with Gasteiger partial charge in [0.15, 0.2) is 0 Å². The Balaban J connectivity index is 3.60. The number of aromatic hydroxyl groups is 1. The highest BCUT2D eigenvalue weighted by Gasteiger charge is 2.46. The van der Waals surface area contributed by atoms with Crippen molar-refractivity contribution in [1.29, 1.82) is 0 Å². The standard InChI is InChI=1S/C11H13F3N4O3S/c1-5(2)7-4-8(17-22(20,21)11(12,13)14)6(3)9(10(7)19)16-18-15/h4-5,17,19H,1-3H3. The van der Waals surface area contributed by atoms with Gasteiger partial charge in [-0.3, -0.25) is 4.72 Å². The summed E-state index contributed by atoms with van der Waals surface area (Å²) in [5.74, 6) is -0.748. The fraction of sp³-hybridized carbons (Fsp3) is 0.455. The molecule has 22 heavy (non-hydrogen) atoms. The van der Waals surface area contributed by atoms with Crippen LogP contribution in [0.25, 0.3) is 10.4 Å². The molecule has 122 valence electrons. The van der Waals surface area contributed by atoms with E-state index in [9.17, 15) is 26.7 Å². The smallest absolute Gasteiger partial charge is 0.507 e. The Bertz CT molecular complexity index is 738. The summed E-state index contributed by atoms with van der Waals surface area (Å²) in [5, 5.41) is 13.2. The number of azide groups is 1. The second-order valence-corrected chi connectivity index (χ2v) is 6.40. The van der Waals surface area contributed by atoms with Gasteiger partial charge >= 0.3 is 15.5 Å². The second-order valence-electron chi connectivity index (χ2n) is 4.73. The number of rotatable bonds is 4. The minimum Gasteiger partial charge on any atom is -0.507 e. The first kappa shape index (κ1) is 17.9. The van der Waals surface area contributed by atoms with E-state index in [0.29, 0.717) is 0 Å². The molecule has 1 aromatic rings. The van der Waals surface area contributed by atoms with Crippen LogP contribution in [0.1, 0.15) is 30.9 Å². The van der Waals surface area contributed by atoms with Crippen molar-refractivity contribution in [1.82, 2.24) is 0 Å². The minimum absolute atomic E-state index is 0.118. The van der Waals surface area contributed by atoms with Crippen LogP contribution >= 0.6 is 0 Å². The minimum atomic E-state index is -5.63. The molecule has 2 N–H and O–H groups in total. The van der Waals surface area contributed by atoms with Crippen LogP contribution < -0.4 is 4.72 Å². The molecule has 0 aliphatic rings. The molecule has 0 fully saturated rings. The number of phenols is 1. The Morgan fingerprint density at radius 1 is 1.41 bits per heavy atom. The van der Waals surface area contributed by atoms with Gasteiger partial charge in [0.1, 0.15) is 5.75 Å². The molecule has 0 aliphatic heterocycles.